The van der Waals surface area contributed by atoms with Crippen LogP contribution in [-0.2, 0) is 0 Å². The van der Waals surface area contributed by atoms with E-state index in [-0.39, 0.29) is 0 Å². The number of aromatic nitrogens is 1. The molecule has 0 spiro atoms. The topological polar surface area (TPSA) is 12.9 Å². The van der Waals surface area contributed by atoms with E-state index in [1.54, 1.807) is 0 Å². The average Bonchev–Trinajstić information content (AvgIpc) is 2.62. The maximum Gasteiger partial charge on any atom is 0.0437 e. The molecular weight excluding hydrogens is 158 g/mol. The van der Waals surface area contributed by atoms with Crippen LogP contribution in [0.25, 0.3) is 0 Å². The number of rotatable bonds is 1. The molecule has 0 unspecified atom stereocenters. The Morgan fingerprint density at radius 2 is 1.85 bits per heavy atom. The Morgan fingerprint density at radius 1 is 1.15 bits per heavy atom. The monoisotopic (exact) mass is 175 g/mol. The van der Waals surface area contributed by atoms with Gasteiger partial charge in [0.1, 0.15) is 0 Å². The first-order chi connectivity index (χ1) is 6.27. The second-order valence-electron chi connectivity index (χ2n) is 4.12. The molecule has 0 atom stereocenters. The third kappa shape index (κ3) is 1.74. The van der Waals surface area contributed by atoms with E-state index in [1.165, 1.54) is 42.6 Å². The van der Waals surface area contributed by atoms with Crippen molar-refractivity contribution in [1.82, 2.24) is 4.98 Å². The molecule has 0 radical (unpaired) electrons. The minimum Gasteiger partial charge on any atom is -0.258 e. The Balaban J connectivity index is 2.25. The van der Waals surface area contributed by atoms with E-state index in [9.17, 15) is 0 Å². The van der Waals surface area contributed by atoms with E-state index in [4.69, 9.17) is 0 Å². The zero-order valence-corrected chi connectivity index (χ0v) is 8.51. The van der Waals surface area contributed by atoms with Crippen molar-refractivity contribution in [2.45, 2.75) is 45.4 Å². The largest absolute Gasteiger partial charge is 0.258 e. The van der Waals surface area contributed by atoms with Crippen LogP contribution in [0.3, 0.4) is 0 Å². The van der Waals surface area contributed by atoms with Gasteiger partial charge < -0.3 is 0 Å². The first-order valence-corrected chi connectivity index (χ1v) is 5.21. The number of nitrogens with zero attached hydrogens (tertiary/aromatic N) is 1. The SMILES string of the molecule is Cc1ccc(C2CCCC2)nc1C. The van der Waals surface area contributed by atoms with E-state index < -0.39 is 0 Å². The fourth-order valence-electron chi connectivity index (χ4n) is 2.10. The number of pyridine rings is 1. The highest BCUT2D eigenvalue weighted by Gasteiger charge is 2.18. The molecule has 1 aromatic heterocycles. The van der Waals surface area contributed by atoms with Crippen LogP contribution < -0.4 is 0 Å². The van der Waals surface area contributed by atoms with E-state index >= 15 is 0 Å². The molecule has 0 N–H and O–H groups in total. The van der Waals surface area contributed by atoms with Crippen molar-refractivity contribution < 1.29 is 0 Å². The smallest absolute Gasteiger partial charge is 0.0437 e. The second-order valence-corrected chi connectivity index (χ2v) is 4.12. The number of hydrogen-bond acceptors (Lipinski definition) is 1. The Labute approximate surface area is 80.2 Å². The van der Waals surface area contributed by atoms with E-state index in [0.717, 1.165) is 5.92 Å². The molecule has 1 heteroatoms. The Kier molecular flexibility index (Phi) is 2.34. The molecule has 13 heavy (non-hydrogen) atoms. The van der Waals surface area contributed by atoms with Crippen molar-refractivity contribution in [3.05, 3.63) is 29.1 Å². The third-order valence-electron chi connectivity index (χ3n) is 3.15. The highest BCUT2D eigenvalue weighted by molar-refractivity contribution is 5.22. The first-order valence-electron chi connectivity index (χ1n) is 5.21. The molecule has 0 saturated heterocycles. The van der Waals surface area contributed by atoms with Crippen LogP contribution >= 0.6 is 0 Å². The highest BCUT2D eigenvalue weighted by Crippen LogP contribution is 2.33. The van der Waals surface area contributed by atoms with Gasteiger partial charge in [0.05, 0.1) is 0 Å². The van der Waals surface area contributed by atoms with E-state index in [1.807, 2.05) is 0 Å². The van der Waals surface area contributed by atoms with Gasteiger partial charge in [-0.25, -0.2) is 0 Å². The molecule has 70 valence electrons. The van der Waals surface area contributed by atoms with Crippen molar-refractivity contribution >= 4 is 0 Å². The average molecular weight is 175 g/mol. The van der Waals surface area contributed by atoms with Crippen molar-refractivity contribution in [3.63, 3.8) is 0 Å². The number of hydrogen-bond donors (Lipinski definition) is 0. The van der Waals surface area contributed by atoms with Crippen molar-refractivity contribution in [1.29, 1.82) is 0 Å². The predicted molar refractivity (Wildman–Crippen MR) is 54.9 cm³/mol. The molecule has 1 fully saturated rings. The lowest BCUT2D eigenvalue weighted by atomic mass is 10.0. The summed E-state index contributed by atoms with van der Waals surface area (Å²) in [7, 11) is 0. The van der Waals surface area contributed by atoms with Gasteiger partial charge in [0.2, 0.25) is 0 Å². The first kappa shape index (κ1) is 8.74. The summed E-state index contributed by atoms with van der Waals surface area (Å²) in [6.45, 7) is 4.23. The van der Waals surface area contributed by atoms with Gasteiger partial charge in [-0.1, -0.05) is 18.9 Å². The predicted octanol–water partition coefficient (Wildman–Crippen LogP) is 3.36. The van der Waals surface area contributed by atoms with Crippen molar-refractivity contribution in [2.24, 2.45) is 0 Å². The van der Waals surface area contributed by atoms with Gasteiger partial charge in [-0.2, -0.15) is 0 Å². The molecule has 1 saturated carbocycles. The van der Waals surface area contributed by atoms with Crippen molar-refractivity contribution in [2.75, 3.05) is 0 Å². The molecule has 1 aromatic rings. The van der Waals surface area contributed by atoms with Crippen molar-refractivity contribution in [3.8, 4) is 0 Å². The Bertz CT molecular complexity index is 298. The van der Waals surface area contributed by atoms with Crippen LogP contribution in [0.1, 0.15) is 48.6 Å². The van der Waals surface area contributed by atoms with E-state index in [0.29, 0.717) is 0 Å². The molecule has 1 aliphatic carbocycles. The quantitative estimate of drug-likeness (QED) is 0.637. The molecule has 1 aliphatic rings. The maximum atomic E-state index is 4.65. The van der Waals surface area contributed by atoms with Crippen LogP contribution in [0.4, 0.5) is 0 Å². The highest BCUT2D eigenvalue weighted by atomic mass is 14.7. The molecule has 0 aliphatic heterocycles. The lowest BCUT2D eigenvalue weighted by molar-refractivity contribution is 0.693. The minimum atomic E-state index is 0.749. The molecule has 1 heterocycles. The van der Waals surface area contributed by atoms with Crippen LogP contribution in [0, 0.1) is 13.8 Å². The summed E-state index contributed by atoms with van der Waals surface area (Å²) in [6.07, 6.45) is 5.46. The Hall–Kier alpha value is -0.850. The summed E-state index contributed by atoms with van der Waals surface area (Å²) in [6, 6.07) is 4.41. The summed E-state index contributed by atoms with van der Waals surface area (Å²) < 4.78 is 0. The summed E-state index contributed by atoms with van der Waals surface area (Å²) in [5.74, 6) is 0.749. The molecular formula is C12H17N. The summed E-state index contributed by atoms with van der Waals surface area (Å²) in [5.41, 5.74) is 3.83. The Morgan fingerprint density at radius 3 is 2.46 bits per heavy atom. The van der Waals surface area contributed by atoms with Gasteiger partial charge in [-0.15, -0.1) is 0 Å². The van der Waals surface area contributed by atoms with Crippen LogP contribution in [0.5, 0.6) is 0 Å². The normalized spacial score (nSPS) is 18.0. The molecule has 1 nitrogen and oxygen atoms in total. The third-order valence-corrected chi connectivity index (χ3v) is 3.15. The van der Waals surface area contributed by atoms with Gasteiger partial charge in [0.25, 0.3) is 0 Å². The molecule has 0 bridgehead atoms. The molecule has 0 amide bonds. The van der Waals surface area contributed by atoms with Crippen LogP contribution in [0.15, 0.2) is 12.1 Å². The number of aryl methyl sites for hydroxylation is 2. The fourth-order valence-corrected chi connectivity index (χ4v) is 2.10. The summed E-state index contributed by atoms with van der Waals surface area (Å²) in [5, 5.41) is 0. The van der Waals surface area contributed by atoms with Gasteiger partial charge in [-0.05, 0) is 38.3 Å². The van der Waals surface area contributed by atoms with Gasteiger partial charge >= 0.3 is 0 Å². The molecule has 0 aromatic carbocycles. The standard InChI is InChI=1S/C12H17N/c1-9-7-8-12(13-10(9)2)11-5-3-4-6-11/h7-8,11H,3-6H2,1-2H3. The van der Waals surface area contributed by atoms with Gasteiger partial charge in [-0.3, -0.25) is 4.98 Å². The van der Waals surface area contributed by atoms with E-state index in [2.05, 4.69) is 31.0 Å². The maximum absolute atomic E-state index is 4.65. The lowest BCUT2D eigenvalue weighted by Crippen LogP contribution is -1.98. The zero-order valence-electron chi connectivity index (χ0n) is 8.51. The van der Waals surface area contributed by atoms with Gasteiger partial charge in [0, 0.05) is 17.3 Å². The van der Waals surface area contributed by atoms with Crippen LogP contribution in [-0.4, -0.2) is 4.98 Å². The fraction of sp³-hybridized carbons (Fsp3) is 0.583. The summed E-state index contributed by atoms with van der Waals surface area (Å²) in [4.78, 5) is 4.65. The lowest BCUT2D eigenvalue weighted by Gasteiger charge is -2.09. The van der Waals surface area contributed by atoms with Crippen LogP contribution in [0.2, 0.25) is 0 Å². The van der Waals surface area contributed by atoms with Gasteiger partial charge in [0.15, 0.2) is 0 Å². The zero-order chi connectivity index (χ0) is 9.26. The summed E-state index contributed by atoms with van der Waals surface area (Å²) >= 11 is 0. The molecule has 2 rings (SSSR count). The minimum absolute atomic E-state index is 0.749. The second kappa shape index (κ2) is 3.49.